The van der Waals surface area contributed by atoms with Crippen LogP contribution in [-0.4, -0.2) is 36.0 Å². The fourth-order valence-corrected chi connectivity index (χ4v) is 2.78. The van der Waals surface area contributed by atoms with Gasteiger partial charge in [0, 0.05) is 6.54 Å². The number of fused-ring (bicyclic) bond motifs is 2. The normalized spacial score (nSPS) is 11.1. The molecule has 0 saturated carbocycles. The number of benzene rings is 2. The van der Waals surface area contributed by atoms with E-state index in [2.05, 4.69) is 16.7 Å². The number of hydrogen-bond donors (Lipinski definition) is 2. The van der Waals surface area contributed by atoms with Crippen molar-refractivity contribution in [2.75, 3.05) is 20.1 Å². The van der Waals surface area contributed by atoms with Crippen molar-refractivity contribution in [3.8, 4) is 0 Å². The van der Waals surface area contributed by atoms with Gasteiger partial charge in [-0.25, -0.2) is 9.97 Å². The maximum atomic E-state index is 12.5. The van der Waals surface area contributed by atoms with E-state index in [1.807, 2.05) is 39.1 Å². The molecule has 1 amide bonds. The summed E-state index contributed by atoms with van der Waals surface area (Å²) < 4.78 is 0. The molecule has 124 valence electrons. The molecular formula is C19H22N4O. The van der Waals surface area contributed by atoms with Crippen LogP contribution in [0.2, 0.25) is 0 Å². The van der Waals surface area contributed by atoms with E-state index in [0.29, 0.717) is 17.6 Å². The van der Waals surface area contributed by atoms with Crippen LogP contribution in [0.25, 0.3) is 22.1 Å². The number of nitrogens with one attached hydrogen (secondary N) is 2. The molecule has 0 radical (unpaired) electrons. The first kappa shape index (κ1) is 16.3. The van der Waals surface area contributed by atoms with Crippen LogP contribution in [0.5, 0.6) is 0 Å². The number of hydrogen-bond acceptors (Lipinski definition) is 4. The van der Waals surface area contributed by atoms with Gasteiger partial charge in [-0.1, -0.05) is 18.2 Å². The molecule has 0 aliphatic rings. The fourth-order valence-electron chi connectivity index (χ4n) is 2.78. The first-order valence-corrected chi connectivity index (χ1v) is 8.21. The number of aryl methyl sites for hydroxylation is 2. The molecule has 0 fully saturated rings. The van der Waals surface area contributed by atoms with Crippen LogP contribution < -0.4 is 10.6 Å². The molecular weight excluding hydrogens is 300 g/mol. The third-order valence-corrected chi connectivity index (χ3v) is 4.16. The largest absolute Gasteiger partial charge is 0.352 e. The van der Waals surface area contributed by atoms with E-state index >= 15 is 0 Å². The molecule has 0 spiro atoms. The van der Waals surface area contributed by atoms with Gasteiger partial charge in [0.1, 0.15) is 5.52 Å². The number of para-hydroxylation sites is 1. The minimum absolute atomic E-state index is 0.101. The number of carbonyl (C=O) groups excluding carboxylic acids is 1. The minimum Gasteiger partial charge on any atom is -0.352 e. The number of rotatable bonds is 5. The van der Waals surface area contributed by atoms with Gasteiger partial charge in [-0.3, -0.25) is 4.79 Å². The van der Waals surface area contributed by atoms with Crippen molar-refractivity contribution >= 4 is 28.0 Å². The zero-order chi connectivity index (χ0) is 17.1. The fraction of sp³-hybridized carbons (Fsp3) is 0.316. The highest BCUT2D eigenvalue weighted by atomic mass is 16.1. The molecule has 5 nitrogen and oxygen atoms in total. The van der Waals surface area contributed by atoms with Crippen molar-refractivity contribution in [2.45, 2.75) is 20.3 Å². The summed E-state index contributed by atoms with van der Waals surface area (Å²) in [5.74, 6) is -0.101. The molecule has 3 aromatic rings. The Hall–Kier alpha value is -2.53. The third-order valence-electron chi connectivity index (χ3n) is 4.16. The number of carbonyl (C=O) groups is 1. The number of amides is 1. The zero-order valence-corrected chi connectivity index (χ0v) is 14.3. The van der Waals surface area contributed by atoms with Crippen LogP contribution in [0.15, 0.2) is 30.3 Å². The van der Waals surface area contributed by atoms with Gasteiger partial charge in [0.2, 0.25) is 0 Å². The minimum atomic E-state index is -0.101. The van der Waals surface area contributed by atoms with Crippen LogP contribution >= 0.6 is 0 Å². The monoisotopic (exact) mass is 322 g/mol. The molecule has 0 saturated heterocycles. The quantitative estimate of drug-likeness (QED) is 0.560. The van der Waals surface area contributed by atoms with Gasteiger partial charge in [-0.2, -0.15) is 0 Å². The second kappa shape index (κ2) is 6.93. The summed E-state index contributed by atoms with van der Waals surface area (Å²) in [6, 6.07) is 9.66. The summed E-state index contributed by atoms with van der Waals surface area (Å²) >= 11 is 0. The molecule has 24 heavy (non-hydrogen) atoms. The van der Waals surface area contributed by atoms with E-state index in [1.54, 1.807) is 6.07 Å². The zero-order valence-electron chi connectivity index (χ0n) is 14.3. The lowest BCUT2D eigenvalue weighted by molar-refractivity contribution is 0.0955. The first-order chi connectivity index (χ1) is 11.6. The van der Waals surface area contributed by atoms with E-state index in [4.69, 9.17) is 9.97 Å². The van der Waals surface area contributed by atoms with Crippen LogP contribution in [0.4, 0.5) is 0 Å². The van der Waals surface area contributed by atoms with E-state index in [1.165, 1.54) is 0 Å². The number of nitrogens with zero attached hydrogens (tertiary/aromatic N) is 2. The average molecular weight is 322 g/mol. The molecule has 5 heteroatoms. The van der Waals surface area contributed by atoms with E-state index in [-0.39, 0.29) is 5.91 Å². The summed E-state index contributed by atoms with van der Waals surface area (Å²) in [6.45, 7) is 5.55. The summed E-state index contributed by atoms with van der Waals surface area (Å²) in [5, 5.41) is 6.02. The second-order valence-electron chi connectivity index (χ2n) is 6.01. The van der Waals surface area contributed by atoms with E-state index in [0.717, 1.165) is 40.6 Å². The first-order valence-electron chi connectivity index (χ1n) is 8.21. The van der Waals surface area contributed by atoms with Crippen LogP contribution in [0.1, 0.15) is 27.9 Å². The van der Waals surface area contributed by atoms with Crippen molar-refractivity contribution in [3.05, 3.63) is 47.0 Å². The Morgan fingerprint density at radius 2 is 1.67 bits per heavy atom. The predicted octanol–water partition coefficient (Wildman–Crippen LogP) is 2.74. The van der Waals surface area contributed by atoms with Gasteiger partial charge in [0.25, 0.3) is 5.91 Å². The SMILES string of the molecule is CNCCCNC(=O)c1cccc2nc3c(C)ccc(C)c3nc12. The van der Waals surface area contributed by atoms with Gasteiger partial charge in [0.05, 0.1) is 22.1 Å². The lowest BCUT2D eigenvalue weighted by atomic mass is 10.1. The van der Waals surface area contributed by atoms with Gasteiger partial charge >= 0.3 is 0 Å². The molecule has 1 heterocycles. The molecule has 0 aliphatic carbocycles. The maximum absolute atomic E-state index is 12.5. The van der Waals surface area contributed by atoms with Crippen LogP contribution in [0.3, 0.4) is 0 Å². The molecule has 0 bridgehead atoms. The predicted molar refractivity (Wildman–Crippen MR) is 97.4 cm³/mol. The molecule has 0 unspecified atom stereocenters. The lowest BCUT2D eigenvalue weighted by Crippen LogP contribution is -2.26. The van der Waals surface area contributed by atoms with Crippen LogP contribution in [0, 0.1) is 13.8 Å². The van der Waals surface area contributed by atoms with Crippen molar-refractivity contribution < 1.29 is 4.79 Å². The molecule has 2 N–H and O–H groups in total. The summed E-state index contributed by atoms with van der Waals surface area (Å²) in [5.41, 5.74) is 5.89. The van der Waals surface area contributed by atoms with Crippen molar-refractivity contribution in [3.63, 3.8) is 0 Å². The van der Waals surface area contributed by atoms with Crippen molar-refractivity contribution in [1.82, 2.24) is 20.6 Å². The molecule has 0 atom stereocenters. The van der Waals surface area contributed by atoms with Gasteiger partial charge in [-0.15, -0.1) is 0 Å². The van der Waals surface area contributed by atoms with E-state index in [9.17, 15) is 4.79 Å². The Morgan fingerprint density at radius 3 is 2.38 bits per heavy atom. The standard InChI is InChI=1S/C19H22N4O/c1-12-8-9-13(2)17-16(12)22-15-7-4-6-14(18(15)23-17)19(24)21-11-5-10-20-3/h4,6-9,20H,5,10-11H2,1-3H3,(H,21,24). The Labute approximate surface area is 141 Å². The number of aromatic nitrogens is 2. The molecule has 2 aromatic carbocycles. The molecule has 1 aromatic heterocycles. The van der Waals surface area contributed by atoms with Crippen molar-refractivity contribution in [1.29, 1.82) is 0 Å². The summed E-state index contributed by atoms with van der Waals surface area (Å²) in [6.07, 6.45) is 0.889. The Balaban J connectivity index is 2.04. The summed E-state index contributed by atoms with van der Waals surface area (Å²) in [4.78, 5) is 22.0. The Morgan fingerprint density at radius 1 is 0.958 bits per heavy atom. The van der Waals surface area contributed by atoms with Gasteiger partial charge < -0.3 is 10.6 Å². The second-order valence-corrected chi connectivity index (χ2v) is 6.01. The highest BCUT2D eigenvalue weighted by Gasteiger charge is 2.14. The lowest BCUT2D eigenvalue weighted by Gasteiger charge is -2.10. The topological polar surface area (TPSA) is 66.9 Å². The Kier molecular flexibility index (Phi) is 4.71. The highest BCUT2D eigenvalue weighted by Crippen LogP contribution is 2.23. The van der Waals surface area contributed by atoms with Gasteiger partial charge in [0.15, 0.2) is 0 Å². The smallest absolute Gasteiger partial charge is 0.253 e. The van der Waals surface area contributed by atoms with E-state index < -0.39 is 0 Å². The molecule has 3 rings (SSSR count). The van der Waals surface area contributed by atoms with Crippen LogP contribution in [-0.2, 0) is 0 Å². The van der Waals surface area contributed by atoms with Crippen molar-refractivity contribution in [2.24, 2.45) is 0 Å². The third kappa shape index (κ3) is 3.08. The van der Waals surface area contributed by atoms with Gasteiger partial charge in [-0.05, 0) is 57.1 Å². The molecule has 0 aliphatic heterocycles. The average Bonchev–Trinajstić information content (AvgIpc) is 2.60. The summed E-state index contributed by atoms with van der Waals surface area (Å²) in [7, 11) is 1.90. The highest BCUT2D eigenvalue weighted by molar-refractivity contribution is 6.06. The maximum Gasteiger partial charge on any atom is 0.253 e. The Bertz CT molecular complexity index is 905.